The van der Waals surface area contributed by atoms with Crippen molar-refractivity contribution in [2.24, 2.45) is 5.92 Å². The van der Waals surface area contributed by atoms with Gasteiger partial charge in [-0.15, -0.1) is 0 Å². The van der Waals surface area contributed by atoms with E-state index in [-0.39, 0.29) is 5.91 Å². The summed E-state index contributed by atoms with van der Waals surface area (Å²) < 4.78 is 6.46. The van der Waals surface area contributed by atoms with E-state index >= 15 is 0 Å². The lowest BCUT2D eigenvalue weighted by Gasteiger charge is -2.24. The third kappa shape index (κ3) is 6.06. The van der Waals surface area contributed by atoms with E-state index in [9.17, 15) is 4.79 Å². The molecule has 0 saturated heterocycles. The summed E-state index contributed by atoms with van der Waals surface area (Å²) in [6.45, 7) is 4.82. The second kappa shape index (κ2) is 9.37. The fourth-order valence-corrected chi connectivity index (χ4v) is 3.41. The lowest BCUT2D eigenvalue weighted by molar-refractivity contribution is 0.0976. The number of nitrogens with one attached hydrogen (secondary N) is 2. The van der Waals surface area contributed by atoms with E-state index in [0.29, 0.717) is 29.2 Å². The molecule has 0 radical (unpaired) electrons. The molecule has 0 spiro atoms. The highest BCUT2D eigenvalue weighted by molar-refractivity contribution is 9.10. The van der Waals surface area contributed by atoms with E-state index < -0.39 is 0 Å². The second-order valence-electron chi connectivity index (χ2n) is 6.61. The Kier molecular flexibility index (Phi) is 7.49. The molecule has 0 bridgehead atoms. The first-order valence-electron chi connectivity index (χ1n) is 8.50. The number of carbonyl (C=O) groups excluding carboxylic acids is 1. The van der Waals surface area contributed by atoms with Crippen LogP contribution >= 0.6 is 28.1 Å². The average molecular weight is 413 g/mol. The minimum atomic E-state index is -0.209. The Bertz CT molecular complexity index is 586. The molecular weight excluding hydrogens is 388 g/mol. The predicted octanol–water partition coefficient (Wildman–Crippen LogP) is 4.42. The summed E-state index contributed by atoms with van der Waals surface area (Å²) in [4.78, 5) is 12.3. The van der Waals surface area contributed by atoms with Gasteiger partial charge in [-0.1, -0.05) is 33.1 Å². The zero-order valence-corrected chi connectivity index (χ0v) is 16.6. The zero-order chi connectivity index (χ0) is 17.5. The van der Waals surface area contributed by atoms with Crippen molar-refractivity contribution in [1.82, 2.24) is 10.6 Å². The van der Waals surface area contributed by atoms with E-state index in [0.717, 1.165) is 23.1 Å². The molecule has 24 heavy (non-hydrogen) atoms. The first-order chi connectivity index (χ1) is 11.5. The molecule has 4 nitrogen and oxygen atoms in total. The van der Waals surface area contributed by atoms with Crippen molar-refractivity contribution in [1.29, 1.82) is 0 Å². The molecule has 1 aromatic rings. The smallest absolute Gasteiger partial charge is 0.257 e. The van der Waals surface area contributed by atoms with Gasteiger partial charge in [0.15, 0.2) is 5.11 Å². The van der Waals surface area contributed by atoms with Gasteiger partial charge in [0.05, 0.1) is 11.1 Å². The van der Waals surface area contributed by atoms with Gasteiger partial charge >= 0.3 is 0 Å². The highest BCUT2D eigenvalue weighted by Gasteiger charge is 2.16. The summed E-state index contributed by atoms with van der Waals surface area (Å²) >= 11 is 8.72. The molecule has 0 atom stereocenters. The molecule has 1 amide bonds. The number of amides is 1. The van der Waals surface area contributed by atoms with E-state index in [2.05, 4.69) is 40.4 Å². The van der Waals surface area contributed by atoms with Crippen molar-refractivity contribution in [2.75, 3.05) is 6.61 Å². The molecular formula is C18H25BrN2O2S. The van der Waals surface area contributed by atoms with Gasteiger partial charge in [-0.2, -0.15) is 0 Å². The molecule has 1 saturated carbocycles. The maximum Gasteiger partial charge on any atom is 0.257 e. The molecule has 0 heterocycles. The van der Waals surface area contributed by atoms with Crippen molar-refractivity contribution in [2.45, 2.75) is 52.0 Å². The molecule has 1 fully saturated rings. The first kappa shape index (κ1) is 19.2. The highest BCUT2D eigenvalue weighted by atomic mass is 79.9. The summed E-state index contributed by atoms with van der Waals surface area (Å²) in [5.74, 6) is 0.977. The maximum atomic E-state index is 12.3. The molecule has 6 heteroatoms. The van der Waals surface area contributed by atoms with Crippen LogP contribution in [0.3, 0.4) is 0 Å². The zero-order valence-electron chi connectivity index (χ0n) is 14.2. The number of rotatable bonds is 5. The average Bonchev–Trinajstić information content (AvgIpc) is 2.54. The predicted molar refractivity (Wildman–Crippen MR) is 105 cm³/mol. The van der Waals surface area contributed by atoms with Crippen LogP contribution < -0.4 is 15.4 Å². The summed E-state index contributed by atoms with van der Waals surface area (Å²) in [5.41, 5.74) is 0.548. The van der Waals surface area contributed by atoms with Crippen LogP contribution in [0.2, 0.25) is 0 Å². The monoisotopic (exact) mass is 412 g/mol. The van der Waals surface area contributed by atoms with E-state index in [1.165, 1.54) is 19.3 Å². The first-order valence-corrected chi connectivity index (χ1v) is 9.70. The number of hydrogen-bond donors (Lipinski definition) is 2. The minimum absolute atomic E-state index is 0.209. The quantitative estimate of drug-likeness (QED) is 0.702. The van der Waals surface area contributed by atoms with Gasteiger partial charge in [-0.3, -0.25) is 10.1 Å². The summed E-state index contributed by atoms with van der Waals surface area (Å²) in [6.07, 6.45) is 5.96. The van der Waals surface area contributed by atoms with Crippen molar-refractivity contribution >= 4 is 39.2 Å². The van der Waals surface area contributed by atoms with Gasteiger partial charge in [0, 0.05) is 11.6 Å². The third-order valence-electron chi connectivity index (χ3n) is 3.93. The van der Waals surface area contributed by atoms with Crippen LogP contribution in [0.5, 0.6) is 5.75 Å². The van der Waals surface area contributed by atoms with Crippen molar-refractivity contribution in [3.63, 3.8) is 0 Å². The molecule has 1 aliphatic rings. The Labute approximate surface area is 157 Å². The lowest BCUT2D eigenvalue weighted by atomic mass is 9.96. The Morgan fingerprint density at radius 2 is 2.04 bits per heavy atom. The van der Waals surface area contributed by atoms with Gasteiger partial charge in [0.2, 0.25) is 0 Å². The van der Waals surface area contributed by atoms with Gasteiger partial charge in [0.25, 0.3) is 5.91 Å². The fraction of sp³-hybridized carbons (Fsp3) is 0.556. The van der Waals surface area contributed by atoms with E-state index in [4.69, 9.17) is 17.0 Å². The number of ether oxygens (including phenoxy) is 1. The topological polar surface area (TPSA) is 50.4 Å². The van der Waals surface area contributed by atoms with Gasteiger partial charge in [-0.25, -0.2) is 0 Å². The number of thiocarbonyl (C=S) groups is 1. The van der Waals surface area contributed by atoms with Crippen LogP contribution in [0.15, 0.2) is 22.7 Å². The number of hydrogen-bond acceptors (Lipinski definition) is 3. The molecule has 2 N–H and O–H groups in total. The molecule has 0 unspecified atom stereocenters. The summed E-state index contributed by atoms with van der Waals surface area (Å²) in [5, 5.41) is 6.41. The molecule has 2 rings (SSSR count). The van der Waals surface area contributed by atoms with Gasteiger partial charge in [-0.05, 0) is 65.1 Å². The van der Waals surface area contributed by atoms with Crippen molar-refractivity contribution in [3.05, 3.63) is 28.2 Å². The Morgan fingerprint density at radius 3 is 2.67 bits per heavy atom. The largest absolute Gasteiger partial charge is 0.492 e. The highest BCUT2D eigenvalue weighted by Crippen LogP contribution is 2.26. The van der Waals surface area contributed by atoms with Crippen molar-refractivity contribution < 1.29 is 9.53 Å². The van der Waals surface area contributed by atoms with Crippen LogP contribution in [0.4, 0.5) is 0 Å². The second-order valence-corrected chi connectivity index (χ2v) is 7.88. The molecule has 1 aliphatic carbocycles. The normalized spacial score (nSPS) is 15.2. The number of carbonyl (C=O) groups is 1. The van der Waals surface area contributed by atoms with E-state index in [1.54, 1.807) is 18.2 Å². The SMILES string of the molecule is CC(C)COc1ccc(C(=O)NC(=S)NC2CCCCC2)cc1Br. The number of benzene rings is 1. The third-order valence-corrected chi connectivity index (χ3v) is 4.77. The Hall–Kier alpha value is -1.14. The van der Waals surface area contributed by atoms with Crippen LogP contribution in [0.1, 0.15) is 56.3 Å². The number of halogens is 1. The fourth-order valence-electron chi connectivity index (χ4n) is 2.66. The minimum Gasteiger partial charge on any atom is -0.492 e. The molecule has 132 valence electrons. The standard InChI is InChI=1S/C18H25BrN2O2S/c1-12(2)11-23-16-9-8-13(10-15(16)19)17(22)21-18(24)20-14-6-4-3-5-7-14/h8-10,12,14H,3-7,11H2,1-2H3,(H2,20,21,22,24). The Balaban J connectivity index is 1.89. The van der Waals surface area contributed by atoms with Gasteiger partial charge < -0.3 is 10.1 Å². The van der Waals surface area contributed by atoms with Crippen LogP contribution in [-0.4, -0.2) is 23.7 Å². The molecule has 0 aliphatic heterocycles. The maximum absolute atomic E-state index is 12.3. The molecule has 1 aromatic carbocycles. The van der Waals surface area contributed by atoms with Crippen LogP contribution in [-0.2, 0) is 0 Å². The van der Waals surface area contributed by atoms with Crippen molar-refractivity contribution in [3.8, 4) is 5.75 Å². The van der Waals surface area contributed by atoms with Gasteiger partial charge in [0.1, 0.15) is 5.75 Å². The molecule has 0 aromatic heterocycles. The summed E-state index contributed by atoms with van der Waals surface area (Å²) in [6, 6.07) is 5.69. The van der Waals surface area contributed by atoms with Crippen LogP contribution in [0.25, 0.3) is 0 Å². The van der Waals surface area contributed by atoms with Crippen LogP contribution in [0, 0.1) is 5.92 Å². The Morgan fingerprint density at radius 1 is 1.33 bits per heavy atom. The van der Waals surface area contributed by atoms with E-state index in [1.807, 2.05) is 0 Å². The summed E-state index contributed by atoms with van der Waals surface area (Å²) in [7, 11) is 0. The lowest BCUT2D eigenvalue weighted by Crippen LogP contribution is -2.45.